The second-order valence-electron chi connectivity index (χ2n) is 4.12. The van der Waals surface area contributed by atoms with Crippen molar-refractivity contribution in [2.24, 2.45) is 0 Å². The molecule has 0 fully saturated rings. The summed E-state index contributed by atoms with van der Waals surface area (Å²) in [6.07, 6.45) is 4.00. The van der Waals surface area contributed by atoms with Crippen molar-refractivity contribution in [3.05, 3.63) is 42.0 Å². The Morgan fingerprint density at radius 1 is 1.21 bits per heavy atom. The molecule has 0 aliphatic heterocycles. The lowest BCUT2D eigenvalue weighted by Gasteiger charge is -2.09. The Morgan fingerprint density at radius 2 is 2.00 bits per heavy atom. The molecule has 2 aromatic rings. The standard InChI is InChI=1S/C14H16N2O3/c1-18-12-4-3-10(8-13(12)19-2)7-11(17)9-14-15-5-6-16-14/h3-6,8H,7,9H2,1-2H3,(H,15,16). The molecule has 1 aromatic carbocycles. The molecule has 0 spiro atoms. The molecule has 0 aliphatic rings. The Bertz CT molecular complexity index is 550. The number of ketones is 1. The molecule has 0 saturated heterocycles. The van der Waals surface area contributed by atoms with E-state index in [-0.39, 0.29) is 5.78 Å². The third-order valence-corrected chi connectivity index (χ3v) is 2.77. The maximum absolute atomic E-state index is 11.9. The number of nitrogens with one attached hydrogen (secondary N) is 1. The number of carbonyl (C=O) groups is 1. The maximum atomic E-state index is 11.9. The van der Waals surface area contributed by atoms with E-state index in [4.69, 9.17) is 9.47 Å². The smallest absolute Gasteiger partial charge is 0.161 e. The van der Waals surface area contributed by atoms with E-state index in [9.17, 15) is 4.79 Å². The molecular weight excluding hydrogens is 244 g/mol. The highest BCUT2D eigenvalue weighted by Crippen LogP contribution is 2.27. The van der Waals surface area contributed by atoms with Crippen molar-refractivity contribution < 1.29 is 14.3 Å². The van der Waals surface area contributed by atoms with Crippen LogP contribution in [0, 0.1) is 0 Å². The van der Waals surface area contributed by atoms with Crippen LogP contribution in [0.4, 0.5) is 0 Å². The van der Waals surface area contributed by atoms with Gasteiger partial charge in [0.05, 0.1) is 20.6 Å². The fraction of sp³-hybridized carbons (Fsp3) is 0.286. The minimum Gasteiger partial charge on any atom is -0.493 e. The second-order valence-corrected chi connectivity index (χ2v) is 4.12. The summed E-state index contributed by atoms with van der Waals surface area (Å²) in [5.41, 5.74) is 0.897. The predicted octanol–water partition coefficient (Wildman–Crippen LogP) is 1.78. The summed E-state index contributed by atoms with van der Waals surface area (Å²) in [4.78, 5) is 18.9. The molecule has 0 atom stereocenters. The molecule has 0 aliphatic carbocycles. The lowest BCUT2D eigenvalue weighted by molar-refractivity contribution is -0.117. The van der Waals surface area contributed by atoms with Crippen LogP contribution in [0.15, 0.2) is 30.6 Å². The minimum absolute atomic E-state index is 0.0992. The SMILES string of the molecule is COc1ccc(CC(=O)Cc2ncc[nH]2)cc1OC. The summed E-state index contributed by atoms with van der Waals surface area (Å²) in [7, 11) is 3.16. The number of methoxy groups -OCH3 is 2. The lowest BCUT2D eigenvalue weighted by Crippen LogP contribution is -2.08. The van der Waals surface area contributed by atoms with E-state index in [1.165, 1.54) is 0 Å². The number of carbonyl (C=O) groups excluding carboxylic acids is 1. The van der Waals surface area contributed by atoms with Gasteiger partial charge in [-0.25, -0.2) is 4.98 Å². The van der Waals surface area contributed by atoms with Crippen LogP contribution in [0.25, 0.3) is 0 Å². The summed E-state index contributed by atoms with van der Waals surface area (Å²) in [5.74, 6) is 2.07. The number of H-pyrrole nitrogens is 1. The monoisotopic (exact) mass is 260 g/mol. The highest BCUT2D eigenvalue weighted by atomic mass is 16.5. The van der Waals surface area contributed by atoms with Crippen molar-refractivity contribution in [1.29, 1.82) is 0 Å². The van der Waals surface area contributed by atoms with E-state index >= 15 is 0 Å². The Morgan fingerprint density at radius 3 is 2.63 bits per heavy atom. The summed E-state index contributed by atoms with van der Waals surface area (Å²) in [6.45, 7) is 0. The molecule has 5 nitrogen and oxygen atoms in total. The Hall–Kier alpha value is -2.30. The van der Waals surface area contributed by atoms with Crippen molar-refractivity contribution in [2.75, 3.05) is 14.2 Å². The first-order chi connectivity index (χ1) is 9.22. The van der Waals surface area contributed by atoms with Crippen LogP contribution in [0.1, 0.15) is 11.4 Å². The van der Waals surface area contributed by atoms with Crippen LogP contribution in [-0.2, 0) is 17.6 Å². The number of hydrogen-bond donors (Lipinski definition) is 1. The number of rotatable bonds is 6. The summed E-state index contributed by atoms with van der Waals surface area (Å²) in [5, 5.41) is 0. The van der Waals surface area contributed by atoms with Gasteiger partial charge in [-0.15, -0.1) is 0 Å². The van der Waals surface area contributed by atoms with E-state index in [2.05, 4.69) is 9.97 Å². The second kappa shape index (κ2) is 6.04. The predicted molar refractivity (Wildman–Crippen MR) is 70.5 cm³/mol. The molecule has 0 radical (unpaired) electrons. The van der Waals surface area contributed by atoms with Gasteiger partial charge in [-0.05, 0) is 17.7 Å². The number of nitrogens with zero attached hydrogens (tertiary/aromatic N) is 1. The van der Waals surface area contributed by atoms with E-state index < -0.39 is 0 Å². The summed E-state index contributed by atoms with van der Waals surface area (Å²) < 4.78 is 10.4. The topological polar surface area (TPSA) is 64.2 Å². The molecule has 1 aromatic heterocycles. The van der Waals surface area contributed by atoms with Gasteiger partial charge < -0.3 is 14.5 Å². The fourth-order valence-electron chi connectivity index (χ4n) is 1.86. The van der Waals surface area contributed by atoms with Gasteiger partial charge in [-0.2, -0.15) is 0 Å². The first kappa shape index (κ1) is 13.1. The molecule has 1 N–H and O–H groups in total. The molecule has 5 heteroatoms. The molecule has 0 saturated carbocycles. The van der Waals surface area contributed by atoms with Crippen LogP contribution in [-0.4, -0.2) is 30.0 Å². The number of ether oxygens (including phenoxy) is 2. The van der Waals surface area contributed by atoms with Crippen LogP contribution >= 0.6 is 0 Å². The maximum Gasteiger partial charge on any atom is 0.161 e. The average molecular weight is 260 g/mol. The minimum atomic E-state index is 0.0992. The summed E-state index contributed by atoms with van der Waals surface area (Å²) in [6, 6.07) is 5.48. The lowest BCUT2D eigenvalue weighted by atomic mass is 10.1. The van der Waals surface area contributed by atoms with Gasteiger partial charge in [0.15, 0.2) is 11.5 Å². The van der Waals surface area contributed by atoms with Crippen molar-refractivity contribution >= 4 is 5.78 Å². The number of aromatic amines is 1. The molecule has 2 rings (SSSR count). The molecule has 100 valence electrons. The molecule has 19 heavy (non-hydrogen) atoms. The third kappa shape index (κ3) is 3.34. The van der Waals surface area contributed by atoms with Crippen molar-refractivity contribution in [3.63, 3.8) is 0 Å². The third-order valence-electron chi connectivity index (χ3n) is 2.77. The van der Waals surface area contributed by atoms with Crippen molar-refractivity contribution in [3.8, 4) is 11.5 Å². The fourth-order valence-corrected chi connectivity index (χ4v) is 1.86. The van der Waals surface area contributed by atoms with Gasteiger partial charge in [0.2, 0.25) is 0 Å². The van der Waals surface area contributed by atoms with Crippen molar-refractivity contribution in [2.45, 2.75) is 12.8 Å². The number of imidazole rings is 1. The van der Waals surface area contributed by atoms with E-state index in [0.29, 0.717) is 30.2 Å². The molecule has 0 amide bonds. The van der Waals surface area contributed by atoms with Gasteiger partial charge >= 0.3 is 0 Å². The normalized spacial score (nSPS) is 10.2. The van der Waals surface area contributed by atoms with Crippen LogP contribution in [0.3, 0.4) is 0 Å². The van der Waals surface area contributed by atoms with Crippen LogP contribution in [0.5, 0.6) is 11.5 Å². The Kier molecular flexibility index (Phi) is 4.18. The Labute approximate surface area is 111 Å². The first-order valence-electron chi connectivity index (χ1n) is 5.93. The van der Waals surface area contributed by atoms with Gasteiger partial charge in [0, 0.05) is 18.8 Å². The largest absolute Gasteiger partial charge is 0.493 e. The van der Waals surface area contributed by atoms with Gasteiger partial charge in [-0.1, -0.05) is 6.07 Å². The Balaban J connectivity index is 2.04. The van der Waals surface area contributed by atoms with E-state index in [1.54, 1.807) is 32.7 Å². The average Bonchev–Trinajstić information content (AvgIpc) is 2.91. The zero-order chi connectivity index (χ0) is 13.7. The number of benzene rings is 1. The molecule has 0 unspecified atom stereocenters. The zero-order valence-electron chi connectivity index (χ0n) is 11.0. The van der Waals surface area contributed by atoms with E-state index in [1.807, 2.05) is 12.1 Å². The van der Waals surface area contributed by atoms with Gasteiger partial charge in [0.1, 0.15) is 11.6 Å². The molecule has 1 heterocycles. The number of Topliss-reactive ketones (excluding diaryl/α,β-unsaturated/α-hetero) is 1. The van der Waals surface area contributed by atoms with Crippen LogP contribution in [0.2, 0.25) is 0 Å². The van der Waals surface area contributed by atoms with Crippen LogP contribution < -0.4 is 9.47 Å². The van der Waals surface area contributed by atoms with Crippen molar-refractivity contribution in [1.82, 2.24) is 9.97 Å². The highest BCUT2D eigenvalue weighted by molar-refractivity contribution is 5.82. The van der Waals surface area contributed by atoms with Gasteiger partial charge in [0.25, 0.3) is 0 Å². The van der Waals surface area contributed by atoms with Gasteiger partial charge in [-0.3, -0.25) is 4.79 Å². The zero-order valence-corrected chi connectivity index (χ0v) is 11.0. The molecule has 0 bridgehead atoms. The quantitative estimate of drug-likeness (QED) is 0.860. The summed E-state index contributed by atoms with van der Waals surface area (Å²) >= 11 is 0. The highest BCUT2D eigenvalue weighted by Gasteiger charge is 2.10. The number of hydrogen-bond acceptors (Lipinski definition) is 4. The number of aromatic nitrogens is 2. The first-order valence-corrected chi connectivity index (χ1v) is 5.93. The van der Waals surface area contributed by atoms with E-state index in [0.717, 1.165) is 5.56 Å². The molecular formula is C14H16N2O3.